The molecule has 0 radical (unpaired) electrons. The average Bonchev–Trinajstić information content (AvgIpc) is 3.29. The number of aliphatic hydroxyl groups is 1. The van der Waals surface area contributed by atoms with Crippen molar-refractivity contribution in [1.82, 2.24) is 14.4 Å². The molecule has 2 heterocycles. The van der Waals surface area contributed by atoms with Gasteiger partial charge < -0.3 is 29.9 Å². The van der Waals surface area contributed by atoms with E-state index in [1.807, 2.05) is 6.92 Å². The molecule has 0 aliphatic carbocycles. The van der Waals surface area contributed by atoms with E-state index in [4.69, 9.17) is 20.9 Å². The maximum Gasteiger partial charge on any atom is 0.323 e. The summed E-state index contributed by atoms with van der Waals surface area (Å²) in [6.07, 6.45) is -0.717. The van der Waals surface area contributed by atoms with Crippen molar-refractivity contribution < 1.29 is 32.4 Å². The normalized spacial score (nSPS) is 18.2. The van der Waals surface area contributed by atoms with E-state index in [1.165, 1.54) is 35.6 Å². The van der Waals surface area contributed by atoms with Crippen molar-refractivity contribution in [3.63, 3.8) is 0 Å². The number of rotatable bonds is 8. The molecule has 1 aromatic heterocycles. The zero-order chi connectivity index (χ0) is 31.5. The number of hydrogen-bond acceptors (Lipinski definition) is 8. The lowest BCUT2D eigenvalue weighted by Gasteiger charge is -2.33. The molecule has 0 unspecified atom stereocenters. The fraction of sp³-hybridized carbons (Fsp3) is 0.414. The first-order valence-electron chi connectivity index (χ1n) is 13.7. The zero-order valence-electron chi connectivity index (χ0n) is 24.6. The number of hydrogen-bond donors (Lipinski definition) is 3. The van der Waals surface area contributed by atoms with Crippen molar-refractivity contribution >= 4 is 44.9 Å². The number of fused-ring (bicyclic) bond motifs is 1. The topological polar surface area (TPSA) is 154 Å². The smallest absolute Gasteiger partial charge is 0.323 e. The maximum atomic E-state index is 13.5. The summed E-state index contributed by atoms with van der Waals surface area (Å²) in [7, 11) is -2.40. The van der Waals surface area contributed by atoms with Crippen LogP contribution in [0.5, 0.6) is 5.75 Å². The Morgan fingerprint density at radius 2 is 1.91 bits per heavy atom. The van der Waals surface area contributed by atoms with Crippen molar-refractivity contribution in [3.05, 3.63) is 64.5 Å². The third-order valence-electron chi connectivity index (χ3n) is 7.41. The number of aliphatic hydroxyl groups excluding tert-OH is 1. The summed E-state index contributed by atoms with van der Waals surface area (Å²) in [5.74, 6) is 0.295. The Hall–Kier alpha value is -3.65. The number of halogens is 1. The first-order chi connectivity index (χ1) is 20.3. The summed E-state index contributed by atoms with van der Waals surface area (Å²) in [6.45, 7) is 6.98. The third kappa shape index (κ3) is 7.47. The molecule has 3 aromatic rings. The highest BCUT2D eigenvalue weighted by molar-refractivity contribution is 7.89. The summed E-state index contributed by atoms with van der Waals surface area (Å²) >= 11 is 5.95. The van der Waals surface area contributed by atoms with E-state index in [0.717, 1.165) is 0 Å². The Labute approximate surface area is 256 Å². The second kappa shape index (κ2) is 13.3. The van der Waals surface area contributed by atoms with E-state index in [2.05, 4.69) is 15.8 Å². The first-order valence-corrected chi connectivity index (χ1v) is 15.5. The summed E-state index contributed by atoms with van der Waals surface area (Å²) in [6, 6.07) is 9.83. The van der Waals surface area contributed by atoms with Gasteiger partial charge in [-0.05, 0) is 63.2 Å². The molecule has 4 rings (SSSR count). The minimum atomic E-state index is -3.87. The Kier molecular flexibility index (Phi) is 10.0. The molecule has 0 bridgehead atoms. The van der Waals surface area contributed by atoms with E-state index in [1.54, 1.807) is 43.9 Å². The highest BCUT2D eigenvalue weighted by Gasteiger charge is 2.33. The van der Waals surface area contributed by atoms with E-state index in [-0.39, 0.29) is 42.8 Å². The van der Waals surface area contributed by atoms with Crippen molar-refractivity contribution in [2.45, 2.75) is 51.2 Å². The monoisotopic (exact) mass is 633 g/mol. The van der Waals surface area contributed by atoms with Crippen LogP contribution in [0.15, 0.2) is 51.9 Å². The number of urea groups is 1. The number of nitrogens with zero attached hydrogens (tertiary/aromatic N) is 3. The molecule has 43 heavy (non-hydrogen) atoms. The summed E-state index contributed by atoms with van der Waals surface area (Å²) < 4.78 is 39.4. The van der Waals surface area contributed by atoms with Gasteiger partial charge in [-0.3, -0.25) is 4.79 Å². The molecule has 0 saturated heterocycles. The zero-order valence-corrected chi connectivity index (χ0v) is 26.2. The quantitative estimate of drug-likeness (QED) is 0.336. The second-order valence-corrected chi connectivity index (χ2v) is 13.2. The second-order valence-electron chi connectivity index (χ2n) is 10.7. The molecule has 3 amide bonds. The summed E-state index contributed by atoms with van der Waals surface area (Å²) in [4.78, 5) is 27.9. The number of likely N-dealkylation sites (N-methyl/N-ethyl adjacent to an activating group) is 1. The minimum absolute atomic E-state index is 0.0129. The van der Waals surface area contributed by atoms with Gasteiger partial charge in [0.2, 0.25) is 15.9 Å². The molecule has 12 nitrogen and oxygen atoms in total. The van der Waals surface area contributed by atoms with Gasteiger partial charge in [-0.2, -0.15) is 4.31 Å². The molecule has 232 valence electrons. The molecule has 1 aliphatic heterocycles. The molecule has 0 saturated carbocycles. The number of amides is 3. The van der Waals surface area contributed by atoms with E-state index in [0.29, 0.717) is 39.2 Å². The van der Waals surface area contributed by atoms with Crippen LogP contribution in [0.25, 0.3) is 0 Å². The Morgan fingerprint density at radius 3 is 2.53 bits per heavy atom. The highest BCUT2D eigenvalue weighted by Crippen LogP contribution is 2.30. The van der Waals surface area contributed by atoms with Crippen LogP contribution in [0.4, 0.5) is 16.2 Å². The number of carbonyl (C=O) groups excluding carboxylic acids is 2. The Balaban J connectivity index is 1.62. The van der Waals surface area contributed by atoms with Gasteiger partial charge in [0.15, 0.2) is 5.76 Å². The lowest BCUT2D eigenvalue weighted by molar-refractivity contribution is -0.134. The highest BCUT2D eigenvalue weighted by atomic mass is 35.5. The molecule has 1 aliphatic rings. The van der Waals surface area contributed by atoms with Gasteiger partial charge in [0.25, 0.3) is 0 Å². The number of aromatic nitrogens is 1. The van der Waals surface area contributed by atoms with Crippen LogP contribution in [-0.4, -0.2) is 78.7 Å². The number of sulfonamides is 1. The van der Waals surface area contributed by atoms with E-state index < -0.39 is 28.2 Å². The van der Waals surface area contributed by atoms with Crippen LogP contribution in [0.1, 0.15) is 30.9 Å². The number of anilines is 2. The summed E-state index contributed by atoms with van der Waals surface area (Å²) in [5, 5.41) is 19.6. The van der Waals surface area contributed by atoms with Gasteiger partial charge in [0, 0.05) is 35.8 Å². The van der Waals surface area contributed by atoms with Crippen molar-refractivity contribution in [2.24, 2.45) is 5.92 Å². The van der Waals surface area contributed by atoms with Crippen LogP contribution in [0.3, 0.4) is 0 Å². The minimum Gasteiger partial charge on any atom is -0.488 e. The van der Waals surface area contributed by atoms with Crippen LogP contribution in [0, 0.1) is 19.8 Å². The summed E-state index contributed by atoms with van der Waals surface area (Å²) in [5.41, 5.74) is 1.90. The lowest BCUT2D eigenvalue weighted by atomic mass is 10.0. The van der Waals surface area contributed by atoms with Crippen molar-refractivity contribution in [1.29, 1.82) is 0 Å². The number of aryl methyl sites for hydroxylation is 2. The average molecular weight is 634 g/mol. The van der Waals surface area contributed by atoms with Gasteiger partial charge in [-0.15, -0.1) is 0 Å². The van der Waals surface area contributed by atoms with Crippen molar-refractivity contribution in [2.75, 3.05) is 37.4 Å². The maximum absolute atomic E-state index is 13.5. The van der Waals surface area contributed by atoms with Crippen molar-refractivity contribution in [3.8, 4) is 5.75 Å². The molecule has 0 spiro atoms. The SMILES string of the molecule is Cc1noc(C)c1NC(=O)Nc1ccc2c(c1)CC(=O)N([C@H](C)CO)C[C@H](C)[C@@H](CN(C)S(=O)(=O)c1ccc(Cl)cc1)O2. The fourth-order valence-electron chi connectivity index (χ4n) is 4.80. The first kappa shape index (κ1) is 32.3. The number of carbonyl (C=O) groups is 2. The van der Waals surface area contributed by atoms with Gasteiger partial charge in [0.05, 0.1) is 30.5 Å². The Morgan fingerprint density at radius 1 is 1.21 bits per heavy atom. The largest absolute Gasteiger partial charge is 0.488 e. The van der Waals surface area contributed by atoms with Gasteiger partial charge in [-0.1, -0.05) is 23.7 Å². The predicted molar refractivity (Wildman–Crippen MR) is 162 cm³/mol. The van der Waals surface area contributed by atoms with Crippen LogP contribution >= 0.6 is 11.6 Å². The van der Waals surface area contributed by atoms with E-state index in [9.17, 15) is 23.1 Å². The van der Waals surface area contributed by atoms with Crippen LogP contribution in [-0.2, 0) is 21.2 Å². The number of ether oxygens (including phenoxy) is 1. The molecular weight excluding hydrogens is 598 g/mol. The van der Waals surface area contributed by atoms with Gasteiger partial charge in [0.1, 0.15) is 23.2 Å². The van der Waals surface area contributed by atoms with Crippen LogP contribution in [0.2, 0.25) is 5.02 Å². The number of nitrogens with one attached hydrogen (secondary N) is 2. The predicted octanol–water partition coefficient (Wildman–Crippen LogP) is 4.06. The third-order valence-corrected chi connectivity index (χ3v) is 9.49. The molecule has 14 heteroatoms. The lowest BCUT2D eigenvalue weighted by Crippen LogP contribution is -2.48. The molecule has 3 atom stereocenters. The molecule has 0 fully saturated rings. The number of benzene rings is 2. The van der Waals surface area contributed by atoms with Gasteiger partial charge >= 0.3 is 6.03 Å². The Bertz CT molecular complexity index is 1560. The standard InChI is InChI=1S/C29H36ClN5O7S/c1-17-14-35(18(2)16-36)27(37)13-21-12-23(31-29(38)32-28-19(3)33-42-20(28)4)8-11-25(21)41-26(17)15-34(5)43(39,40)24-9-6-22(30)7-10-24/h6-12,17-18,26,36H,13-16H2,1-5H3,(H2,31,32,38)/t17-,18+,26+/m0/s1. The molecule has 2 aromatic carbocycles. The molecule has 3 N–H and O–H groups in total. The molecular formula is C29H36ClN5O7S. The fourth-order valence-corrected chi connectivity index (χ4v) is 6.11. The van der Waals surface area contributed by atoms with E-state index >= 15 is 0 Å². The van der Waals surface area contributed by atoms with Crippen LogP contribution < -0.4 is 15.4 Å². The van der Waals surface area contributed by atoms with Gasteiger partial charge in [-0.25, -0.2) is 13.2 Å².